The number of pyridine rings is 2. The van der Waals surface area contributed by atoms with Gasteiger partial charge in [0.1, 0.15) is 11.3 Å². The van der Waals surface area contributed by atoms with Crippen molar-refractivity contribution in [3.63, 3.8) is 0 Å². The number of imidazole rings is 1. The van der Waals surface area contributed by atoms with E-state index in [1.165, 1.54) is 7.11 Å². The van der Waals surface area contributed by atoms with Gasteiger partial charge in [-0.05, 0) is 43.3 Å². The van der Waals surface area contributed by atoms with Gasteiger partial charge in [-0.15, -0.1) is 0 Å². The summed E-state index contributed by atoms with van der Waals surface area (Å²) in [4.78, 5) is 25.3. The Balaban J connectivity index is 2.05. The summed E-state index contributed by atoms with van der Waals surface area (Å²) >= 11 is 0. The summed E-state index contributed by atoms with van der Waals surface area (Å²) in [5.41, 5.74) is 10.2. The van der Waals surface area contributed by atoms with Crippen molar-refractivity contribution in [3.8, 4) is 17.1 Å². The number of methoxy groups -OCH3 is 1. The van der Waals surface area contributed by atoms with Gasteiger partial charge < -0.3 is 10.5 Å². The van der Waals surface area contributed by atoms with Gasteiger partial charge in [0.15, 0.2) is 17.2 Å². The van der Waals surface area contributed by atoms with Crippen LogP contribution in [0.2, 0.25) is 0 Å². The monoisotopic (exact) mass is 359 g/mol. The van der Waals surface area contributed by atoms with Crippen molar-refractivity contribution < 1.29 is 9.53 Å². The summed E-state index contributed by atoms with van der Waals surface area (Å²) in [6.45, 7) is 2.02. The Morgan fingerprint density at radius 1 is 1.07 bits per heavy atom. The van der Waals surface area contributed by atoms with Crippen LogP contribution in [0.4, 0.5) is 5.82 Å². The SMILES string of the molecule is COC(=O)c1ccc2nc(-c3cccnc3N)n(-c3ccc(C)cc3)c2n1. The van der Waals surface area contributed by atoms with E-state index >= 15 is 0 Å². The third-order valence-corrected chi connectivity index (χ3v) is 4.27. The molecule has 0 saturated carbocycles. The molecule has 1 aromatic carbocycles. The number of nitrogen functional groups attached to an aromatic ring is 1. The van der Waals surface area contributed by atoms with E-state index in [2.05, 4.69) is 9.97 Å². The zero-order valence-corrected chi connectivity index (χ0v) is 14.9. The number of rotatable bonds is 3. The number of esters is 1. The Kier molecular flexibility index (Phi) is 4.04. The summed E-state index contributed by atoms with van der Waals surface area (Å²) in [6, 6.07) is 14.9. The molecule has 0 amide bonds. The van der Waals surface area contributed by atoms with E-state index in [4.69, 9.17) is 15.5 Å². The van der Waals surface area contributed by atoms with Gasteiger partial charge in [-0.25, -0.2) is 19.7 Å². The maximum Gasteiger partial charge on any atom is 0.356 e. The number of ether oxygens (including phenoxy) is 1. The van der Waals surface area contributed by atoms with Gasteiger partial charge in [-0.2, -0.15) is 0 Å². The number of hydrogen-bond donors (Lipinski definition) is 1. The number of carbonyl (C=O) groups is 1. The van der Waals surface area contributed by atoms with Crippen molar-refractivity contribution in [2.75, 3.05) is 12.8 Å². The molecule has 134 valence electrons. The molecular formula is C20H17N5O2. The standard InChI is InChI=1S/C20H17N5O2/c1-12-5-7-13(8-6-12)25-18(14-4-3-11-22-17(14)21)23-15-9-10-16(20(26)27-2)24-19(15)25/h3-11H,1-2H3,(H2,21,22). The number of aryl methyl sites for hydroxylation is 1. The molecule has 0 radical (unpaired) electrons. The molecule has 0 bridgehead atoms. The topological polar surface area (TPSA) is 95.9 Å². The quantitative estimate of drug-likeness (QED) is 0.565. The highest BCUT2D eigenvalue weighted by molar-refractivity contribution is 5.91. The molecule has 7 nitrogen and oxygen atoms in total. The first-order chi connectivity index (χ1) is 13.1. The lowest BCUT2D eigenvalue weighted by molar-refractivity contribution is 0.0594. The minimum Gasteiger partial charge on any atom is -0.464 e. The molecule has 27 heavy (non-hydrogen) atoms. The molecule has 0 aliphatic carbocycles. The van der Waals surface area contributed by atoms with Gasteiger partial charge in [-0.1, -0.05) is 17.7 Å². The Bertz CT molecular complexity index is 1150. The summed E-state index contributed by atoms with van der Waals surface area (Å²) in [5, 5.41) is 0. The van der Waals surface area contributed by atoms with E-state index in [1.807, 2.05) is 41.8 Å². The lowest BCUT2D eigenvalue weighted by Gasteiger charge is -2.10. The summed E-state index contributed by atoms with van der Waals surface area (Å²) in [6.07, 6.45) is 1.63. The minimum atomic E-state index is -0.504. The second-order valence-electron chi connectivity index (χ2n) is 6.07. The van der Waals surface area contributed by atoms with Crippen LogP contribution in [-0.4, -0.2) is 32.6 Å². The summed E-state index contributed by atoms with van der Waals surface area (Å²) in [7, 11) is 1.33. The molecule has 2 N–H and O–H groups in total. The van der Waals surface area contributed by atoms with Crippen LogP contribution in [0.3, 0.4) is 0 Å². The van der Waals surface area contributed by atoms with E-state index < -0.39 is 5.97 Å². The molecule has 0 unspecified atom stereocenters. The third-order valence-electron chi connectivity index (χ3n) is 4.27. The molecule has 0 saturated heterocycles. The van der Waals surface area contributed by atoms with Crippen LogP contribution >= 0.6 is 0 Å². The predicted molar refractivity (Wildman–Crippen MR) is 103 cm³/mol. The Labute approximate surface area is 155 Å². The van der Waals surface area contributed by atoms with Crippen molar-refractivity contribution in [3.05, 3.63) is 66.0 Å². The van der Waals surface area contributed by atoms with E-state index in [0.29, 0.717) is 28.4 Å². The molecule has 0 aliphatic heterocycles. The maximum atomic E-state index is 11.9. The lowest BCUT2D eigenvalue weighted by Crippen LogP contribution is -2.06. The number of benzene rings is 1. The molecule has 0 aliphatic rings. The lowest BCUT2D eigenvalue weighted by atomic mass is 10.2. The van der Waals surface area contributed by atoms with Crippen LogP contribution in [0.25, 0.3) is 28.2 Å². The van der Waals surface area contributed by atoms with Crippen LogP contribution in [0.15, 0.2) is 54.7 Å². The van der Waals surface area contributed by atoms with Crippen LogP contribution in [-0.2, 0) is 4.74 Å². The smallest absolute Gasteiger partial charge is 0.356 e. The number of carbonyl (C=O) groups excluding carboxylic acids is 1. The molecule has 0 fully saturated rings. The maximum absolute atomic E-state index is 11.9. The fourth-order valence-corrected chi connectivity index (χ4v) is 2.90. The molecule has 0 spiro atoms. The molecule has 7 heteroatoms. The summed E-state index contributed by atoms with van der Waals surface area (Å²) in [5.74, 6) is 0.472. The van der Waals surface area contributed by atoms with Gasteiger partial charge in [0.2, 0.25) is 0 Å². The average Bonchev–Trinajstić information content (AvgIpc) is 3.06. The fourth-order valence-electron chi connectivity index (χ4n) is 2.90. The second-order valence-corrected chi connectivity index (χ2v) is 6.07. The number of hydrogen-bond acceptors (Lipinski definition) is 6. The highest BCUT2D eigenvalue weighted by Gasteiger charge is 2.19. The second kappa shape index (κ2) is 6.53. The molecule has 4 aromatic rings. The van der Waals surface area contributed by atoms with Crippen LogP contribution in [0.1, 0.15) is 16.1 Å². The minimum absolute atomic E-state index is 0.212. The van der Waals surface area contributed by atoms with Gasteiger partial charge in [-0.3, -0.25) is 4.57 Å². The Morgan fingerprint density at radius 3 is 2.56 bits per heavy atom. The van der Waals surface area contributed by atoms with E-state index in [-0.39, 0.29) is 5.69 Å². The van der Waals surface area contributed by atoms with Gasteiger partial charge >= 0.3 is 5.97 Å². The highest BCUT2D eigenvalue weighted by atomic mass is 16.5. The van der Waals surface area contributed by atoms with Crippen molar-refractivity contribution >= 4 is 23.0 Å². The number of anilines is 1. The summed E-state index contributed by atoms with van der Waals surface area (Å²) < 4.78 is 6.67. The van der Waals surface area contributed by atoms with Crippen molar-refractivity contribution in [2.45, 2.75) is 6.92 Å². The zero-order chi connectivity index (χ0) is 19.0. The van der Waals surface area contributed by atoms with Gasteiger partial charge in [0.25, 0.3) is 0 Å². The zero-order valence-electron chi connectivity index (χ0n) is 14.9. The number of fused-ring (bicyclic) bond motifs is 1. The van der Waals surface area contributed by atoms with E-state index in [9.17, 15) is 4.79 Å². The Morgan fingerprint density at radius 2 is 1.85 bits per heavy atom. The Hall–Kier alpha value is -3.74. The van der Waals surface area contributed by atoms with Crippen LogP contribution in [0.5, 0.6) is 0 Å². The average molecular weight is 359 g/mol. The molecule has 4 rings (SSSR count). The molecular weight excluding hydrogens is 342 g/mol. The first kappa shape index (κ1) is 16.7. The molecule has 3 heterocycles. The normalized spacial score (nSPS) is 10.9. The van der Waals surface area contributed by atoms with Crippen molar-refractivity contribution in [1.82, 2.24) is 19.5 Å². The highest BCUT2D eigenvalue weighted by Crippen LogP contribution is 2.30. The van der Waals surface area contributed by atoms with Crippen molar-refractivity contribution in [2.24, 2.45) is 0 Å². The fraction of sp³-hybridized carbons (Fsp3) is 0.100. The largest absolute Gasteiger partial charge is 0.464 e. The van der Waals surface area contributed by atoms with Crippen LogP contribution < -0.4 is 5.73 Å². The first-order valence-electron chi connectivity index (χ1n) is 8.34. The number of nitrogens with two attached hydrogens (primary N) is 1. The van der Waals surface area contributed by atoms with E-state index in [1.54, 1.807) is 24.4 Å². The van der Waals surface area contributed by atoms with E-state index in [0.717, 1.165) is 11.3 Å². The number of nitrogens with zero attached hydrogens (tertiary/aromatic N) is 4. The molecule has 3 aromatic heterocycles. The predicted octanol–water partition coefficient (Wildman–Crippen LogP) is 3.16. The molecule has 0 atom stereocenters. The van der Waals surface area contributed by atoms with Crippen molar-refractivity contribution in [1.29, 1.82) is 0 Å². The van der Waals surface area contributed by atoms with Crippen LogP contribution in [0, 0.1) is 6.92 Å². The van der Waals surface area contributed by atoms with Gasteiger partial charge in [0, 0.05) is 11.9 Å². The number of aromatic nitrogens is 4. The first-order valence-corrected chi connectivity index (χ1v) is 8.34. The third kappa shape index (κ3) is 2.89. The van der Waals surface area contributed by atoms with Gasteiger partial charge in [0.05, 0.1) is 12.7 Å².